The number of aryl methyl sites for hydroxylation is 2. The van der Waals surface area contributed by atoms with Gasteiger partial charge in [-0.15, -0.1) is 11.3 Å². The molecule has 0 bridgehead atoms. The first-order valence-electron chi connectivity index (χ1n) is 11.7. The molecule has 1 atom stereocenters. The van der Waals surface area contributed by atoms with Gasteiger partial charge >= 0.3 is 0 Å². The molecule has 0 aliphatic carbocycles. The van der Waals surface area contributed by atoms with Gasteiger partial charge in [0.1, 0.15) is 23.2 Å². The number of aromatic nitrogens is 3. The van der Waals surface area contributed by atoms with Crippen LogP contribution in [0, 0.1) is 18.6 Å². The Hall–Kier alpha value is -3.39. The lowest BCUT2D eigenvalue weighted by Crippen LogP contribution is -2.45. The molecule has 2 aromatic heterocycles. The maximum atomic E-state index is 13.8. The molecule has 1 saturated heterocycles. The van der Waals surface area contributed by atoms with Crippen molar-refractivity contribution >= 4 is 17.2 Å². The SMILES string of the molecule is Cc1nc(C(=O)N2CCCCC2Cc2nc(-c3ccc(F)cc3)cn2C)c(-c2ccc(F)cc2)s1. The fourth-order valence-electron chi connectivity index (χ4n) is 4.65. The predicted octanol–water partition coefficient (Wildman–Crippen LogP) is 6.03. The Morgan fingerprint density at radius 1 is 1.00 bits per heavy atom. The second-order valence-corrected chi connectivity index (χ2v) is 10.1. The number of nitrogens with zero attached hydrogens (tertiary/aromatic N) is 4. The summed E-state index contributed by atoms with van der Waals surface area (Å²) in [4.78, 5) is 25.8. The van der Waals surface area contributed by atoms with Gasteiger partial charge in [0.2, 0.25) is 0 Å². The normalized spacial score (nSPS) is 16.0. The van der Waals surface area contributed by atoms with Crippen LogP contribution in [0.15, 0.2) is 54.7 Å². The highest BCUT2D eigenvalue weighted by molar-refractivity contribution is 7.15. The number of piperidine rings is 1. The van der Waals surface area contributed by atoms with Crippen molar-refractivity contribution in [3.63, 3.8) is 0 Å². The molecule has 0 radical (unpaired) electrons. The zero-order chi connectivity index (χ0) is 24.5. The molecule has 1 aliphatic heterocycles. The second kappa shape index (κ2) is 9.70. The Morgan fingerprint density at radius 3 is 2.34 bits per heavy atom. The van der Waals surface area contributed by atoms with Gasteiger partial charge in [-0.1, -0.05) is 12.1 Å². The van der Waals surface area contributed by atoms with Crippen molar-refractivity contribution < 1.29 is 13.6 Å². The van der Waals surface area contributed by atoms with Gasteiger partial charge in [-0.05, 0) is 68.1 Å². The van der Waals surface area contributed by atoms with E-state index in [1.165, 1.54) is 35.6 Å². The van der Waals surface area contributed by atoms with E-state index < -0.39 is 0 Å². The Bertz CT molecular complexity index is 1340. The van der Waals surface area contributed by atoms with Gasteiger partial charge in [0, 0.05) is 37.8 Å². The third-order valence-corrected chi connectivity index (χ3v) is 7.48. The van der Waals surface area contributed by atoms with Crippen LogP contribution in [0.2, 0.25) is 0 Å². The minimum Gasteiger partial charge on any atom is -0.337 e. The Morgan fingerprint density at radius 2 is 1.66 bits per heavy atom. The van der Waals surface area contributed by atoms with Crippen molar-refractivity contribution in [2.75, 3.05) is 6.54 Å². The number of amides is 1. The van der Waals surface area contributed by atoms with E-state index in [0.29, 0.717) is 18.7 Å². The number of halogens is 2. The first kappa shape index (κ1) is 23.4. The van der Waals surface area contributed by atoms with E-state index in [2.05, 4.69) is 4.98 Å². The molecule has 1 fully saturated rings. The lowest BCUT2D eigenvalue weighted by molar-refractivity contribution is 0.0605. The van der Waals surface area contributed by atoms with Crippen LogP contribution in [-0.2, 0) is 13.5 Å². The molecule has 4 aromatic rings. The van der Waals surface area contributed by atoms with Crippen molar-refractivity contribution in [1.29, 1.82) is 0 Å². The molecule has 1 unspecified atom stereocenters. The van der Waals surface area contributed by atoms with Gasteiger partial charge in [0.25, 0.3) is 5.91 Å². The molecule has 0 saturated carbocycles. The van der Waals surface area contributed by atoms with E-state index in [1.807, 2.05) is 29.6 Å². The first-order chi connectivity index (χ1) is 16.9. The van der Waals surface area contributed by atoms with Crippen LogP contribution in [0.25, 0.3) is 21.7 Å². The first-order valence-corrected chi connectivity index (χ1v) is 12.5. The van der Waals surface area contributed by atoms with E-state index in [-0.39, 0.29) is 23.6 Å². The quantitative estimate of drug-likeness (QED) is 0.342. The molecule has 2 aromatic carbocycles. The van der Waals surface area contributed by atoms with Crippen molar-refractivity contribution in [2.24, 2.45) is 7.05 Å². The number of benzene rings is 2. The second-order valence-electron chi connectivity index (χ2n) is 8.93. The Labute approximate surface area is 207 Å². The number of hydrogen-bond donors (Lipinski definition) is 0. The van der Waals surface area contributed by atoms with E-state index in [1.54, 1.807) is 24.3 Å². The standard InChI is InChI=1S/C27H26F2N4OS/c1-17-30-25(26(35-17)19-8-12-21(29)13-9-19)27(34)33-14-4-3-5-22(33)15-24-31-23(16-32(24)2)18-6-10-20(28)11-7-18/h6-13,16,22H,3-5,14-15H2,1-2H3. The number of hydrogen-bond acceptors (Lipinski definition) is 4. The van der Waals surface area contributed by atoms with Crippen molar-refractivity contribution in [3.05, 3.63) is 82.9 Å². The summed E-state index contributed by atoms with van der Waals surface area (Å²) in [5.74, 6) is 0.196. The van der Waals surface area contributed by atoms with Gasteiger partial charge in [-0.2, -0.15) is 0 Å². The molecule has 1 aliphatic rings. The molecular formula is C27H26F2N4OS. The maximum Gasteiger partial charge on any atom is 0.274 e. The van der Waals surface area contributed by atoms with E-state index in [0.717, 1.165) is 51.8 Å². The molecule has 180 valence electrons. The van der Waals surface area contributed by atoms with Crippen LogP contribution < -0.4 is 0 Å². The maximum absolute atomic E-state index is 13.8. The van der Waals surface area contributed by atoms with Crippen LogP contribution in [-0.4, -0.2) is 37.9 Å². The summed E-state index contributed by atoms with van der Waals surface area (Å²) in [7, 11) is 1.95. The van der Waals surface area contributed by atoms with Crippen LogP contribution in [0.4, 0.5) is 8.78 Å². The third kappa shape index (κ3) is 4.89. The highest BCUT2D eigenvalue weighted by atomic mass is 32.1. The largest absolute Gasteiger partial charge is 0.337 e. The van der Waals surface area contributed by atoms with E-state index in [9.17, 15) is 13.6 Å². The summed E-state index contributed by atoms with van der Waals surface area (Å²) in [6.45, 7) is 2.55. The number of likely N-dealkylation sites (tertiary alicyclic amines) is 1. The monoisotopic (exact) mass is 492 g/mol. The summed E-state index contributed by atoms with van der Waals surface area (Å²) in [5.41, 5.74) is 2.86. The highest BCUT2D eigenvalue weighted by Gasteiger charge is 2.32. The summed E-state index contributed by atoms with van der Waals surface area (Å²) >= 11 is 1.45. The van der Waals surface area contributed by atoms with Crippen LogP contribution in [0.3, 0.4) is 0 Å². The predicted molar refractivity (Wildman–Crippen MR) is 133 cm³/mol. The van der Waals surface area contributed by atoms with Crippen LogP contribution >= 0.6 is 11.3 Å². The van der Waals surface area contributed by atoms with Crippen molar-refractivity contribution in [1.82, 2.24) is 19.4 Å². The number of thiazole rings is 1. The summed E-state index contributed by atoms with van der Waals surface area (Å²) in [5, 5.41) is 0.800. The van der Waals surface area contributed by atoms with Crippen LogP contribution in [0.1, 0.15) is 40.6 Å². The number of carbonyl (C=O) groups excluding carboxylic acids is 1. The summed E-state index contributed by atoms with van der Waals surface area (Å²) in [6.07, 6.45) is 5.44. The third-order valence-electron chi connectivity index (χ3n) is 6.46. The lowest BCUT2D eigenvalue weighted by Gasteiger charge is -2.35. The van der Waals surface area contributed by atoms with E-state index >= 15 is 0 Å². The topological polar surface area (TPSA) is 51.0 Å². The number of imidazole rings is 1. The minimum atomic E-state index is -0.311. The molecule has 0 spiro atoms. The average molecular weight is 493 g/mol. The van der Waals surface area contributed by atoms with Gasteiger partial charge in [-0.3, -0.25) is 4.79 Å². The fourth-order valence-corrected chi connectivity index (χ4v) is 5.57. The smallest absolute Gasteiger partial charge is 0.274 e. The van der Waals surface area contributed by atoms with Crippen molar-refractivity contribution in [2.45, 2.75) is 38.6 Å². The number of rotatable bonds is 5. The Balaban J connectivity index is 1.41. The van der Waals surface area contributed by atoms with Gasteiger partial charge < -0.3 is 9.47 Å². The van der Waals surface area contributed by atoms with Crippen LogP contribution in [0.5, 0.6) is 0 Å². The summed E-state index contributed by atoms with van der Waals surface area (Å²) < 4.78 is 28.8. The lowest BCUT2D eigenvalue weighted by atomic mass is 9.98. The molecule has 0 N–H and O–H groups in total. The molecule has 5 rings (SSSR count). The minimum absolute atomic E-state index is 0.00138. The fraction of sp³-hybridized carbons (Fsp3) is 0.296. The molecule has 35 heavy (non-hydrogen) atoms. The highest BCUT2D eigenvalue weighted by Crippen LogP contribution is 2.33. The average Bonchev–Trinajstić information content (AvgIpc) is 3.42. The molecule has 3 heterocycles. The zero-order valence-corrected chi connectivity index (χ0v) is 20.5. The molecule has 1 amide bonds. The molecule has 8 heteroatoms. The number of carbonyl (C=O) groups is 1. The van der Waals surface area contributed by atoms with Crippen molar-refractivity contribution in [3.8, 4) is 21.7 Å². The van der Waals surface area contributed by atoms with E-state index in [4.69, 9.17) is 4.98 Å². The van der Waals surface area contributed by atoms with Gasteiger partial charge in [-0.25, -0.2) is 18.7 Å². The molecule has 5 nitrogen and oxygen atoms in total. The van der Waals surface area contributed by atoms with Gasteiger partial charge in [0.05, 0.1) is 15.6 Å². The Kier molecular flexibility index (Phi) is 6.47. The van der Waals surface area contributed by atoms with Gasteiger partial charge in [0.15, 0.2) is 0 Å². The zero-order valence-electron chi connectivity index (χ0n) is 19.7. The molecular weight excluding hydrogens is 466 g/mol. The summed E-state index contributed by atoms with van der Waals surface area (Å²) in [6, 6.07) is 12.5.